The number of halogens is 2. The number of benzene rings is 2. The number of furan rings is 1. The van der Waals surface area contributed by atoms with Crippen LogP contribution in [0.4, 0.5) is 0 Å². The summed E-state index contributed by atoms with van der Waals surface area (Å²) in [5.74, 6) is 1.59. The summed E-state index contributed by atoms with van der Waals surface area (Å²) >= 11 is 12.2. The van der Waals surface area contributed by atoms with Gasteiger partial charge in [-0.05, 0) is 42.5 Å². The van der Waals surface area contributed by atoms with Gasteiger partial charge in [-0.1, -0.05) is 35.3 Å². The van der Waals surface area contributed by atoms with Crippen molar-refractivity contribution < 1.29 is 4.42 Å². The highest BCUT2D eigenvalue weighted by molar-refractivity contribution is 6.35. The number of imidazole rings is 1. The molecule has 4 aromatic rings. The molecule has 6 heteroatoms. The Morgan fingerprint density at radius 1 is 1.12 bits per heavy atom. The van der Waals surface area contributed by atoms with Gasteiger partial charge in [0.05, 0.1) is 21.6 Å². The van der Waals surface area contributed by atoms with Crippen LogP contribution in [0.5, 0.6) is 0 Å². The Bertz CT molecular complexity index is 1150. The molecule has 0 bridgehead atoms. The minimum atomic E-state index is 0.374. The number of H-pyrrole nitrogens is 1. The van der Waals surface area contributed by atoms with Crippen LogP contribution in [0.1, 0.15) is 11.6 Å². The van der Waals surface area contributed by atoms with Crippen LogP contribution in [-0.2, 0) is 0 Å². The first-order valence-electron chi connectivity index (χ1n) is 7.76. The molecule has 0 atom stereocenters. The SMILES string of the molecule is N#C/C(=C/c1ccc(-c2cc(Cl)ccc2Cl)o1)c1nc2ccccc2[nH]1. The maximum Gasteiger partial charge on any atom is 0.149 e. The van der Waals surface area contributed by atoms with Crippen LogP contribution in [0.3, 0.4) is 0 Å². The van der Waals surface area contributed by atoms with Crippen LogP contribution in [-0.4, -0.2) is 9.97 Å². The van der Waals surface area contributed by atoms with Gasteiger partial charge in [-0.3, -0.25) is 0 Å². The number of rotatable bonds is 3. The maximum absolute atomic E-state index is 9.51. The predicted molar refractivity (Wildman–Crippen MR) is 104 cm³/mol. The lowest BCUT2D eigenvalue weighted by molar-refractivity contribution is 0.572. The van der Waals surface area contributed by atoms with Gasteiger partial charge < -0.3 is 9.40 Å². The second kappa shape index (κ2) is 6.72. The van der Waals surface area contributed by atoms with E-state index in [2.05, 4.69) is 16.0 Å². The van der Waals surface area contributed by atoms with Crippen molar-refractivity contribution in [2.45, 2.75) is 0 Å². The summed E-state index contributed by atoms with van der Waals surface area (Å²) in [6, 6.07) is 18.5. The van der Waals surface area contributed by atoms with Gasteiger partial charge in [-0.25, -0.2) is 4.98 Å². The van der Waals surface area contributed by atoms with Crippen molar-refractivity contribution in [2.24, 2.45) is 0 Å². The fourth-order valence-corrected chi connectivity index (χ4v) is 3.02. The first kappa shape index (κ1) is 16.5. The predicted octanol–water partition coefficient (Wildman–Crippen LogP) is 6.19. The number of aromatic amines is 1. The highest BCUT2D eigenvalue weighted by Crippen LogP contribution is 2.32. The molecule has 126 valence electrons. The number of hydrogen-bond donors (Lipinski definition) is 1. The molecule has 0 unspecified atom stereocenters. The van der Waals surface area contributed by atoms with Gasteiger partial charge in [0.25, 0.3) is 0 Å². The van der Waals surface area contributed by atoms with E-state index in [1.165, 1.54) is 0 Å². The van der Waals surface area contributed by atoms with Crippen molar-refractivity contribution in [1.29, 1.82) is 5.26 Å². The van der Waals surface area contributed by atoms with Crippen molar-refractivity contribution in [2.75, 3.05) is 0 Å². The summed E-state index contributed by atoms with van der Waals surface area (Å²) in [5, 5.41) is 10.6. The number of para-hydroxylation sites is 2. The van der Waals surface area contributed by atoms with Gasteiger partial charge in [0.15, 0.2) is 0 Å². The second-order valence-electron chi connectivity index (χ2n) is 5.60. The molecule has 0 fully saturated rings. The van der Waals surface area contributed by atoms with Crippen molar-refractivity contribution in [3.05, 3.63) is 76.2 Å². The zero-order chi connectivity index (χ0) is 18.1. The third kappa shape index (κ3) is 3.11. The maximum atomic E-state index is 9.51. The van der Waals surface area contributed by atoms with E-state index in [1.807, 2.05) is 24.3 Å². The Kier molecular flexibility index (Phi) is 4.26. The molecular formula is C20H11Cl2N3O. The molecule has 0 radical (unpaired) electrons. The number of nitrogens with zero attached hydrogens (tertiary/aromatic N) is 2. The summed E-state index contributed by atoms with van der Waals surface area (Å²) in [6.07, 6.45) is 1.64. The fourth-order valence-electron chi connectivity index (χ4n) is 2.64. The van der Waals surface area contributed by atoms with E-state index in [-0.39, 0.29) is 0 Å². The monoisotopic (exact) mass is 379 g/mol. The summed E-state index contributed by atoms with van der Waals surface area (Å²) in [7, 11) is 0. The highest BCUT2D eigenvalue weighted by atomic mass is 35.5. The lowest BCUT2D eigenvalue weighted by Crippen LogP contribution is -1.84. The molecule has 0 saturated heterocycles. The Hall–Kier alpha value is -3.00. The summed E-state index contributed by atoms with van der Waals surface area (Å²) < 4.78 is 5.82. The van der Waals surface area contributed by atoms with Crippen LogP contribution in [0, 0.1) is 11.3 Å². The Labute approximate surface area is 159 Å². The van der Waals surface area contributed by atoms with Gasteiger partial charge in [0.1, 0.15) is 23.4 Å². The molecule has 0 aliphatic rings. The molecular weight excluding hydrogens is 369 g/mol. The van der Waals surface area contributed by atoms with E-state index < -0.39 is 0 Å². The lowest BCUT2D eigenvalue weighted by Gasteiger charge is -2.01. The van der Waals surface area contributed by atoms with E-state index in [9.17, 15) is 5.26 Å². The molecule has 0 amide bonds. The number of aromatic nitrogens is 2. The van der Waals surface area contributed by atoms with Crippen LogP contribution in [0.25, 0.3) is 34.0 Å². The Morgan fingerprint density at radius 2 is 1.96 bits per heavy atom. The first-order chi connectivity index (χ1) is 12.6. The Morgan fingerprint density at radius 3 is 2.77 bits per heavy atom. The number of nitrogens with one attached hydrogen (secondary N) is 1. The van der Waals surface area contributed by atoms with Crippen LogP contribution in [0.15, 0.2) is 59.0 Å². The van der Waals surface area contributed by atoms with E-state index in [0.717, 1.165) is 11.0 Å². The number of hydrogen-bond acceptors (Lipinski definition) is 3. The third-order valence-corrected chi connectivity index (χ3v) is 4.44. The van der Waals surface area contributed by atoms with E-state index >= 15 is 0 Å². The molecule has 2 aromatic carbocycles. The zero-order valence-electron chi connectivity index (χ0n) is 13.3. The minimum Gasteiger partial charge on any atom is -0.457 e. The standard InChI is InChI=1S/C20H11Cl2N3O/c21-13-5-7-16(22)15(10-13)19-8-6-14(26-19)9-12(11-23)20-24-17-3-1-2-4-18(17)25-20/h1-10H,(H,24,25)/b12-9-. The number of allylic oxidation sites excluding steroid dienone is 1. The van der Waals surface area contributed by atoms with Crippen LogP contribution in [0.2, 0.25) is 10.0 Å². The lowest BCUT2D eigenvalue weighted by atomic mass is 10.2. The minimum absolute atomic E-state index is 0.374. The molecule has 4 nitrogen and oxygen atoms in total. The quantitative estimate of drug-likeness (QED) is 0.431. The van der Waals surface area contributed by atoms with Gasteiger partial charge >= 0.3 is 0 Å². The third-order valence-electron chi connectivity index (χ3n) is 3.87. The molecule has 4 rings (SSSR count). The summed E-state index contributed by atoms with van der Waals surface area (Å²) in [4.78, 5) is 7.58. The van der Waals surface area contributed by atoms with Crippen LogP contribution < -0.4 is 0 Å². The molecule has 0 spiro atoms. The average molecular weight is 380 g/mol. The highest BCUT2D eigenvalue weighted by Gasteiger charge is 2.11. The average Bonchev–Trinajstić information content (AvgIpc) is 3.28. The molecule has 2 aromatic heterocycles. The number of fused-ring (bicyclic) bond motifs is 1. The molecule has 0 saturated carbocycles. The molecule has 2 heterocycles. The van der Waals surface area contributed by atoms with E-state index in [4.69, 9.17) is 27.6 Å². The van der Waals surface area contributed by atoms with Gasteiger partial charge in [0, 0.05) is 16.7 Å². The number of nitriles is 1. The normalized spacial score (nSPS) is 11.7. The fraction of sp³-hybridized carbons (Fsp3) is 0. The molecule has 26 heavy (non-hydrogen) atoms. The summed E-state index contributed by atoms with van der Waals surface area (Å²) in [5.41, 5.74) is 2.74. The summed E-state index contributed by atoms with van der Waals surface area (Å²) in [6.45, 7) is 0. The van der Waals surface area contributed by atoms with Gasteiger partial charge in [0.2, 0.25) is 0 Å². The van der Waals surface area contributed by atoms with Gasteiger partial charge in [-0.15, -0.1) is 0 Å². The van der Waals surface area contributed by atoms with Gasteiger partial charge in [-0.2, -0.15) is 5.26 Å². The van der Waals surface area contributed by atoms with Crippen molar-refractivity contribution in [1.82, 2.24) is 9.97 Å². The molecule has 0 aliphatic carbocycles. The van der Waals surface area contributed by atoms with Crippen molar-refractivity contribution in [3.8, 4) is 17.4 Å². The topological polar surface area (TPSA) is 65.6 Å². The largest absolute Gasteiger partial charge is 0.457 e. The van der Waals surface area contributed by atoms with E-state index in [1.54, 1.807) is 36.4 Å². The smallest absolute Gasteiger partial charge is 0.149 e. The molecule has 1 N–H and O–H groups in total. The van der Waals surface area contributed by atoms with E-state index in [0.29, 0.717) is 38.5 Å². The van der Waals surface area contributed by atoms with Crippen LogP contribution >= 0.6 is 23.2 Å². The molecule has 0 aliphatic heterocycles. The van der Waals surface area contributed by atoms with Crippen molar-refractivity contribution >= 4 is 45.9 Å². The Balaban J connectivity index is 1.72. The zero-order valence-corrected chi connectivity index (χ0v) is 14.8. The van der Waals surface area contributed by atoms with Crippen molar-refractivity contribution in [3.63, 3.8) is 0 Å². The first-order valence-corrected chi connectivity index (χ1v) is 8.52. The second-order valence-corrected chi connectivity index (χ2v) is 6.44.